The summed E-state index contributed by atoms with van der Waals surface area (Å²) in [5.41, 5.74) is 4.99. The molecule has 1 rings (SSSR count). The van der Waals surface area contributed by atoms with Crippen LogP contribution in [-0.4, -0.2) is 5.88 Å². The van der Waals surface area contributed by atoms with E-state index in [4.69, 9.17) is 11.6 Å². The fourth-order valence-corrected chi connectivity index (χ4v) is 1.39. The molecule has 0 aliphatic rings. The fraction of sp³-hybridized carbons (Fsp3) is 0.385. The maximum atomic E-state index is 5.56. The number of rotatable bonds is 1. The van der Waals surface area contributed by atoms with Crippen LogP contribution in [-0.2, 0) is 0 Å². The van der Waals surface area contributed by atoms with Crippen molar-refractivity contribution in [3.8, 4) is 11.8 Å². The minimum absolute atomic E-state index is 0.608. The summed E-state index contributed by atoms with van der Waals surface area (Å²) in [7, 11) is 0. The largest absolute Gasteiger partial charge is 0.126 e. The Balaban J connectivity index is 3.00. The van der Waals surface area contributed by atoms with Crippen molar-refractivity contribution in [2.24, 2.45) is 0 Å². The van der Waals surface area contributed by atoms with Gasteiger partial charge in [-0.05, 0) is 43.5 Å². The van der Waals surface area contributed by atoms with Gasteiger partial charge in [-0.15, -0.1) is 11.6 Å². The van der Waals surface area contributed by atoms with E-state index in [0.29, 0.717) is 5.88 Å². The monoisotopic (exact) mass is 206 g/mol. The lowest BCUT2D eigenvalue weighted by molar-refractivity contribution is 1.27. The zero-order chi connectivity index (χ0) is 10.6. The van der Waals surface area contributed by atoms with Crippen LogP contribution in [0.4, 0.5) is 0 Å². The van der Waals surface area contributed by atoms with Crippen molar-refractivity contribution in [1.82, 2.24) is 0 Å². The normalized spacial score (nSPS) is 9.43. The van der Waals surface area contributed by atoms with Gasteiger partial charge < -0.3 is 0 Å². The van der Waals surface area contributed by atoms with Crippen LogP contribution in [0.5, 0.6) is 0 Å². The molecule has 0 fully saturated rings. The number of aryl methyl sites for hydroxylation is 3. The van der Waals surface area contributed by atoms with E-state index in [1.807, 2.05) is 0 Å². The van der Waals surface area contributed by atoms with Gasteiger partial charge in [0.05, 0.1) is 0 Å². The van der Waals surface area contributed by atoms with Crippen LogP contribution in [0.15, 0.2) is 12.1 Å². The first kappa shape index (κ1) is 11.1. The molecular weight excluding hydrogens is 192 g/mol. The molecule has 0 aliphatic heterocycles. The van der Waals surface area contributed by atoms with E-state index in [1.165, 1.54) is 16.7 Å². The van der Waals surface area contributed by atoms with E-state index in [9.17, 15) is 0 Å². The quantitative estimate of drug-likeness (QED) is 0.487. The summed E-state index contributed by atoms with van der Waals surface area (Å²) in [6.07, 6.45) is 0.758. The molecule has 74 valence electrons. The van der Waals surface area contributed by atoms with Gasteiger partial charge in [-0.25, -0.2) is 0 Å². The Kier molecular flexibility index (Phi) is 4.04. The van der Waals surface area contributed by atoms with Crippen LogP contribution in [0.2, 0.25) is 0 Å². The molecular formula is C13H15Cl. The summed E-state index contributed by atoms with van der Waals surface area (Å²) in [6.45, 7) is 6.33. The molecule has 14 heavy (non-hydrogen) atoms. The number of halogens is 1. The van der Waals surface area contributed by atoms with Crippen LogP contribution >= 0.6 is 11.6 Å². The molecule has 0 saturated carbocycles. The molecule has 0 aliphatic carbocycles. The molecule has 0 spiro atoms. The second kappa shape index (κ2) is 5.08. The van der Waals surface area contributed by atoms with Crippen molar-refractivity contribution in [1.29, 1.82) is 0 Å². The lowest BCUT2D eigenvalue weighted by Crippen LogP contribution is -1.88. The van der Waals surface area contributed by atoms with Crippen molar-refractivity contribution in [2.75, 3.05) is 5.88 Å². The van der Waals surface area contributed by atoms with E-state index in [1.54, 1.807) is 0 Å². The Morgan fingerprint density at radius 1 is 1.07 bits per heavy atom. The zero-order valence-electron chi connectivity index (χ0n) is 8.95. The second-order valence-corrected chi connectivity index (χ2v) is 3.87. The van der Waals surface area contributed by atoms with E-state index < -0.39 is 0 Å². The second-order valence-electron chi connectivity index (χ2n) is 3.49. The number of alkyl halides is 1. The Morgan fingerprint density at radius 3 is 2.36 bits per heavy atom. The van der Waals surface area contributed by atoms with Gasteiger partial charge in [-0.1, -0.05) is 17.9 Å². The SMILES string of the molecule is Cc1cc(C)c(C#CCCCl)cc1C. The van der Waals surface area contributed by atoms with E-state index >= 15 is 0 Å². The Morgan fingerprint density at radius 2 is 1.71 bits per heavy atom. The highest BCUT2D eigenvalue weighted by Gasteiger charge is 1.98. The van der Waals surface area contributed by atoms with E-state index in [-0.39, 0.29) is 0 Å². The molecule has 0 bridgehead atoms. The molecule has 0 atom stereocenters. The third-order valence-corrected chi connectivity index (χ3v) is 2.47. The topological polar surface area (TPSA) is 0 Å². The highest BCUT2D eigenvalue weighted by molar-refractivity contribution is 6.18. The highest BCUT2D eigenvalue weighted by Crippen LogP contribution is 2.14. The van der Waals surface area contributed by atoms with Gasteiger partial charge in [0, 0.05) is 17.9 Å². The van der Waals surface area contributed by atoms with Crippen molar-refractivity contribution in [3.63, 3.8) is 0 Å². The molecule has 1 aromatic carbocycles. The zero-order valence-corrected chi connectivity index (χ0v) is 9.70. The van der Waals surface area contributed by atoms with E-state index in [0.717, 1.165) is 12.0 Å². The van der Waals surface area contributed by atoms with Gasteiger partial charge in [0.15, 0.2) is 0 Å². The van der Waals surface area contributed by atoms with Gasteiger partial charge in [0.2, 0.25) is 0 Å². The lowest BCUT2D eigenvalue weighted by atomic mass is 10.0. The van der Waals surface area contributed by atoms with Crippen LogP contribution in [0.25, 0.3) is 0 Å². The molecule has 0 saturated heterocycles. The third-order valence-electron chi connectivity index (χ3n) is 2.28. The molecule has 0 aromatic heterocycles. The molecule has 0 unspecified atom stereocenters. The summed E-state index contributed by atoms with van der Waals surface area (Å²) < 4.78 is 0. The minimum Gasteiger partial charge on any atom is -0.126 e. The first-order valence-electron chi connectivity index (χ1n) is 4.78. The first-order valence-corrected chi connectivity index (χ1v) is 5.31. The van der Waals surface area contributed by atoms with E-state index in [2.05, 4.69) is 44.7 Å². The highest BCUT2D eigenvalue weighted by atomic mass is 35.5. The summed E-state index contributed by atoms with van der Waals surface area (Å²) >= 11 is 5.56. The van der Waals surface area contributed by atoms with Crippen molar-refractivity contribution >= 4 is 11.6 Å². The maximum Gasteiger partial charge on any atom is 0.0333 e. The predicted molar refractivity (Wildman–Crippen MR) is 62.9 cm³/mol. The Labute approximate surface area is 91.3 Å². The summed E-state index contributed by atoms with van der Waals surface area (Å²) in [4.78, 5) is 0. The molecule has 0 heterocycles. The van der Waals surface area contributed by atoms with Gasteiger partial charge in [0.25, 0.3) is 0 Å². The number of benzene rings is 1. The summed E-state index contributed by atoms with van der Waals surface area (Å²) in [6, 6.07) is 4.33. The van der Waals surface area contributed by atoms with Gasteiger partial charge >= 0.3 is 0 Å². The molecule has 1 aromatic rings. The fourth-order valence-electron chi connectivity index (χ4n) is 1.30. The first-order chi connectivity index (χ1) is 6.65. The van der Waals surface area contributed by atoms with Gasteiger partial charge in [0.1, 0.15) is 0 Å². The molecule has 1 heteroatoms. The number of hydrogen-bond acceptors (Lipinski definition) is 0. The average Bonchev–Trinajstić information content (AvgIpc) is 2.14. The van der Waals surface area contributed by atoms with Crippen molar-refractivity contribution < 1.29 is 0 Å². The average molecular weight is 207 g/mol. The molecule has 0 nitrogen and oxygen atoms in total. The van der Waals surface area contributed by atoms with Crippen molar-refractivity contribution in [2.45, 2.75) is 27.2 Å². The summed E-state index contributed by atoms with van der Waals surface area (Å²) in [5, 5.41) is 0. The van der Waals surface area contributed by atoms with Crippen LogP contribution < -0.4 is 0 Å². The Hall–Kier alpha value is -0.930. The smallest absolute Gasteiger partial charge is 0.0333 e. The lowest BCUT2D eigenvalue weighted by Gasteiger charge is -2.03. The van der Waals surface area contributed by atoms with Crippen LogP contribution in [0.3, 0.4) is 0 Å². The number of hydrogen-bond donors (Lipinski definition) is 0. The molecule has 0 radical (unpaired) electrons. The standard InChI is InChI=1S/C13H15Cl/c1-10-8-12(3)13(9-11(10)2)6-4-5-7-14/h8-9H,5,7H2,1-3H3. The van der Waals surface area contributed by atoms with Crippen molar-refractivity contribution in [3.05, 3.63) is 34.4 Å². The molecule has 0 N–H and O–H groups in total. The maximum absolute atomic E-state index is 5.56. The summed E-state index contributed by atoms with van der Waals surface area (Å²) in [5.74, 6) is 6.81. The van der Waals surface area contributed by atoms with Gasteiger partial charge in [-0.3, -0.25) is 0 Å². The Bertz CT molecular complexity index is 380. The minimum atomic E-state index is 0.608. The van der Waals surface area contributed by atoms with Gasteiger partial charge in [-0.2, -0.15) is 0 Å². The third kappa shape index (κ3) is 2.79. The van der Waals surface area contributed by atoms with Crippen LogP contribution in [0, 0.1) is 32.6 Å². The molecule has 0 amide bonds. The van der Waals surface area contributed by atoms with Crippen LogP contribution in [0.1, 0.15) is 28.7 Å². The predicted octanol–water partition coefficient (Wildman–Crippen LogP) is 3.59.